The second kappa shape index (κ2) is 5.66. The number of ketones is 1. The summed E-state index contributed by atoms with van der Waals surface area (Å²) in [5.41, 5.74) is 2.22. The molecule has 2 aromatic heterocycles. The van der Waals surface area contributed by atoms with E-state index in [1.807, 2.05) is 25.4 Å². The van der Waals surface area contributed by atoms with Crippen molar-refractivity contribution in [3.05, 3.63) is 66.3 Å². The Morgan fingerprint density at radius 2 is 2.05 bits per heavy atom. The third-order valence-corrected chi connectivity index (χ3v) is 4.19. The molecule has 3 aromatic rings. The number of carbonyl (C=O) groups is 1. The number of benzene rings is 1. The van der Waals surface area contributed by atoms with Crippen LogP contribution in [0.1, 0.15) is 16.1 Å². The molecule has 0 unspecified atom stereocenters. The Morgan fingerprint density at radius 3 is 2.76 bits per heavy atom. The molecule has 0 radical (unpaired) electrons. The molecule has 1 aromatic carbocycles. The molecule has 0 aliphatic heterocycles. The summed E-state index contributed by atoms with van der Waals surface area (Å²) < 4.78 is 7.24. The number of furan rings is 1. The summed E-state index contributed by atoms with van der Waals surface area (Å²) in [7, 11) is 2.01. The van der Waals surface area contributed by atoms with Crippen molar-refractivity contribution in [1.29, 1.82) is 0 Å². The van der Waals surface area contributed by atoms with Crippen LogP contribution in [0.4, 0.5) is 0 Å². The molecule has 0 N–H and O–H groups in total. The van der Waals surface area contributed by atoms with Gasteiger partial charge in [-0.3, -0.25) is 4.79 Å². The first-order valence-corrected chi connectivity index (χ1v) is 7.81. The number of thioether (sulfide) groups is 1. The molecule has 0 saturated heterocycles. The van der Waals surface area contributed by atoms with Crippen LogP contribution < -0.4 is 0 Å². The van der Waals surface area contributed by atoms with Crippen molar-refractivity contribution < 1.29 is 9.21 Å². The first-order chi connectivity index (χ1) is 10.2. The summed E-state index contributed by atoms with van der Waals surface area (Å²) in [6.07, 6.45) is 7.19. The first kappa shape index (κ1) is 13.8. The van der Waals surface area contributed by atoms with Crippen molar-refractivity contribution in [3.63, 3.8) is 0 Å². The van der Waals surface area contributed by atoms with E-state index in [2.05, 4.69) is 22.9 Å². The van der Waals surface area contributed by atoms with Crippen LogP contribution in [0.25, 0.3) is 15.8 Å². The highest BCUT2D eigenvalue weighted by Gasteiger charge is 2.13. The van der Waals surface area contributed by atoms with Gasteiger partial charge in [0, 0.05) is 40.7 Å². The van der Waals surface area contributed by atoms with Gasteiger partial charge in [-0.05, 0) is 24.5 Å². The Balaban J connectivity index is 2.08. The molecule has 0 atom stereocenters. The van der Waals surface area contributed by atoms with Gasteiger partial charge in [-0.15, -0.1) is 11.8 Å². The number of nitrogens with zero attached hydrogens (tertiary/aromatic N) is 1. The lowest BCUT2D eigenvalue weighted by molar-refractivity contribution is 0.102. The standard InChI is InChI=1S/C17H15NO2S/c1-18-11-13(12-6-3-4-7-14(12)18)17(21-2)10-15(19)16-8-5-9-20-16/h3-11H,1-2H3/b17-10-. The molecule has 0 saturated carbocycles. The van der Waals surface area contributed by atoms with Crippen LogP contribution in [0.2, 0.25) is 0 Å². The molecule has 0 fully saturated rings. The summed E-state index contributed by atoms with van der Waals surface area (Å²) in [5.74, 6) is 0.249. The predicted octanol–water partition coefficient (Wildman–Crippen LogP) is 4.36. The number of rotatable bonds is 4. The fourth-order valence-electron chi connectivity index (χ4n) is 2.39. The second-order valence-corrected chi connectivity index (χ2v) is 5.57. The van der Waals surface area contributed by atoms with Gasteiger partial charge in [0.05, 0.1) is 6.26 Å². The van der Waals surface area contributed by atoms with Crippen LogP contribution in [-0.2, 0) is 7.05 Å². The van der Waals surface area contributed by atoms with Crippen molar-refractivity contribution in [2.24, 2.45) is 7.05 Å². The maximum Gasteiger partial charge on any atom is 0.222 e. The fourth-order valence-corrected chi connectivity index (χ4v) is 3.00. The van der Waals surface area contributed by atoms with E-state index in [0.29, 0.717) is 5.76 Å². The van der Waals surface area contributed by atoms with Gasteiger partial charge in [0.15, 0.2) is 5.76 Å². The van der Waals surface area contributed by atoms with E-state index in [9.17, 15) is 4.79 Å². The highest BCUT2D eigenvalue weighted by Crippen LogP contribution is 2.32. The van der Waals surface area contributed by atoms with Crippen LogP contribution in [-0.4, -0.2) is 16.6 Å². The molecule has 0 amide bonds. The lowest BCUT2D eigenvalue weighted by Crippen LogP contribution is -1.93. The maximum absolute atomic E-state index is 12.2. The SMILES string of the molecule is CS/C(=C\C(=O)c1ccco1)c1cn(C)c2ccccc12. The molecule has 3 rings (SSSR count). The normalized spacial score (nSPS) is 12.0. The van der Waals surface area contributed by atoms with E-state index in [0.717, 1.165) is 21.4 Å². The topological polar surface area (TPSA) is 35.1 Å². The highest BCUT2D eigenvalue weighted by molar-refractivity contribution is 8.07. The van der Waals surface area contributed by atoms with E-state index < -0.39 is 0 Å². The Morgan fingerprint density at radius 1 is 1.24 bits per heavy atom. The minimum absolute atomic E-state index is 0.114. The summed E-state index contributed by atoms with van der Waals surface area (Å²) in [5, 5.41) is 1.15. The van der Waals surface area contributed by atoms with Crippen LogP contribution in [0.15, 0.2) is 59.4 Å². The smallest absolute Gasteiger partial charge is 0.222 e. The van der Waals surface area contributed by atoms with Gasteiger partial charge in [-0.2, -0.15) is 0 Å². The van der Waals surface area contributed by atoms with Gasteiger partial charge < -0.3 is 8.98 Å². The third kappa shape index (κ3) is 2.54. The lowest BCUT2D eigenvalue weighted by atomic mass is 10.1. The monoisotopic (exact) mass is 297 g/mol. The van der Waals surface area contributed by atoms with Gasteiger partial charge in [0.1, 0.15) is 0 Å². The van der Waals surface area contributed by atoms with E-state index in [-0.39, 0.29) is 5.78 Å². The third-order valence-electron chi connectivity index (χ3n) is 3.41. The van der Waals surface area contributed by atoms with Crippen molar-refractivity contribution in [1.82, 2.24) is 4.57 Å². The van der Waals surface area contributed by atoms with Gasteiger partial charge in [0.2, 0.25) is 5.78 Å². The number of aromatic nitrogens is 1. The molecule has 0 bridgehead atoms. The number of hydrogen-bond acceptors (Lipinski definition) is 3. The van der Waals surface area contributed by atoms with Crippen molar-refractivity contribution in [3.8, 4) is 0 Å². The van der Waals surface area contributed by atoms with Gasteiger partial charge in [0.25, 0.3) is 0 Å². The average molecular weight is 297 g/mol. The minimum Gasteiger partial charge on any atom is -0.461 e. The Kier molecular flexibility index (Phi) is 3.71. The summed E-state index contributed by atoms with van der Waals surface area (Å²) in [6, 6.07) is 11.6. The van der Waals surface area contributed by atoms with Gasteiger partial charge >= 0.3 is 0 Å². The molecular formula is C17H15NO2S. The minimum atomic E-state index is -0.114. The molecule has 0 aliphatic rings. The van der Waals surface area contributed by atoms with Crippen molar-refractivity contribution in [2.75, 3.05) is 6.26 Å². The molecule has 21 heavy (non-hydrogen) atoms. The number of allylic oxidation sites excluding steroid dienone is 1. The molecule has 3 nitrogen and oxygen atoms in total. The zero-order chi connectivity index (χ0) is 14.8. The second-order valence-electron chi connectivity index (χ2n) is 4.73. The molecule has 2 heterocycles. The Hall–Kier alpha value is -2.20. The summed E-state index contributed by atoms with van der Waals surface area (Å²) in [4.78, 5) is 13.1. The number of hydrogen-bond donors (Lipinski definition) is 0. The summed E-state index contributed by atoms with van der Waals surface area (Å²) in [6.45, 7) is 0. The van der Waals surface area contributed by atoms with E-state index >= 15 is 0 Å². The van der Waals surface area contributed by atoms with Crippen LogP contribution in [0.3, 0.4) is 0 Å². The fraction of sp³-hybridized carbons (Fsp3) is 0.118. The van der Waals surface area contributed by atoms with Gasteiger partial charge in [-0.1, -0.05) is 18.2 Å². The number of carbonyl (C=O) groups excluding carboxylic acids is 1. The van der Waals surface area contributed by atoms with Crippen LogP contribution >= 0.6 is 11.8 Å². The van der Waals surface area contributed by atoms with Crippen LogP contribution in [0, 0.1) is 0 Å². The average Bonchev–Trinajstić information content (AvgIpc) is 3.14. The van der Waals surface area contributed by atoms with Crippen molar-refractivity contribution >= 4 is 33.4 Å². The number of para-hydroxylation sites is 1. The number of aryl methyl sites for hydroxylation is 1. The van der Waals surface area contributed by atoms with E-state index in [1.54, 1.807) is 30.0 Å². The van der Waals surface area contributed by atoms with Crippen LogP contribution in [0.5, 0.6) is 0 Å². The molecule has 106 valence electrons. The molecule has 0 aliphatic carbocycles. The summed E-state index contributed by atoms with van der Waals surface area (Å²) >= 11 is 1.56. The van der Waals surface area contributed by atoms with Crippen molar-refractivity contribution in [2.45, 2.75) is 0 Å². The largest absolute Gasteiger partial charge is 0.461 e. The lowest BCUT2D eigenvalue weighted by Gasteiger charge is -2.02. The molecular weight excluding hydrogens is 282 g/mol. The molecule has 0 spiro atoms. The Bertz CT molecular complexity index is 813. The predicted molar refractivity (Wildman–Crippen MR) is 87.4 cm³/mol. The van der Waals surface area contributed by atoms with E-state index in [1.165, 1.54) is 6.26 Å². The Labute approximate surface area is 127 Å². The molecule has 4 heteroatoms. The zero-order valence-corrected chi connectivity index (χ0v) is 12.7. The quantitative estimate of drug-likeness (QED) is 0.530. The zero-order valence-electron chi connectivity index (χ0n) is 11.9. The first-order valence-electron chi connectivity index (χ1n) is 6.58. The maximum atomic E-state index is 12.2. The van der Waals surface area contributed by atoms with Gasteiger partial charge in [-0.25, -0.2) is 0 Å². The van der Waals surface area contributed by atoms with E-state index in [4.69, 9.17) is 4.42 Å². The number of fused-ring (bicyclic) bond motifs is 1. The highest BCUT2D eigenvalue weighted by atomic mass is 32.2.